The van der Waals surface area contributed by atoms with E-state index in [1.807, 2.05) is 6.07 Å². The lowest BCUT2D eigenvalue weighted by molar-refractivity contribution is 0.398. The van der Waals surface area contributed by atoms with Crippen LogP contribution in [-0.4, -0.2) is 25.2 Å². The second-order valence-corrected chi connectivity index (χ2v) is 4.66. The summed E-state index contributed by atoms with van der Waals surface area (Å²) in [4.78, 5) is 6.76. The highest BCUT2D eigenvalue weighted by Crippen LogP contribution is 2.33. The Morgan fingerprint density at radius 1 is 1.47 bits per heavy atom. The van der Waals surface area contributed by atoms with Crippen molar-refractivity contribution in [2.75, 3.05) is 30.8 Å². The van der Waals surface area contributed by atoms with Gasteiger partial charge < -0.3 is 15.4 Å². The van der Waals surface area contributed by atoms with Crippen molar-refractivity contribution in [1.29, 1.82) is 0 Å². The molecule has 0 atom stereocenters. The minimum absolute atomic E-state index is 0.631. The van der Waals surface area contributed by atoms with E-state index in [1.54, 1.807) is 13.2 Å². The molecule has 0 amide bonds. The third-order valence-electron chi connectivity index (χ3n) is 3.06. The summed E-state index contributed by atoms with van der Waals surface area (Å²) in [6.07, 6.45) is 3.78. The van der Waals surface area contributed by atoms with Crippen molar-refractivity contribution >= 4 is 11.5 Å². The zero-order valence-electron chi connectivity index (χ0n) is 10.6. The summed E-state index contributed by atoms with van der Waals surface area (Å²) in [6.45, 7) is 4.25. The summed E-state index contributed by atoms with van der Waals surface area (Å²) in [7, 11) is 1.63. The maximum atomic E-state index is 6.01. The van der Waals surface area contributed by atoms with Crippen LogP contribution in [0.15, 0.2) is 12.1 Å². The summed E-state index contributed by atoms with van der Waals surface area (Å²) in [5.41, 5.74) is 6.75. The van der Waals surface area contributed by atoms with Crippen LogP contribution in [0.4, 0.5) is 11.5 Å². The predicted octanol–water partition coefficient (Wildman–Crippen LogP) is 2.30. The van der Waals surface area contributed by atoms with Crippen LogP contribution in [0, 0.1) is 5.92 Å². The average molecular weight is 235 g/mol. The third kappa shape index (κ3) is 3.02. The zero-order chi connectivity index (χ0) is 12.3. The molecule has 1 aliphatic rings. The Kier molecular flexibility index (Phi) is 3.71. The molecule has 1 heterocycles. The Hall–Kier alpha value is -1.45. The number of methoxy groups -OCH3 is 1. The van der Waals surface area contributed by atoms with E-state index in [0.29, 0.717) is 5.88 Å². The number of pyridine rings is 1. The second kappa shape index (κ2) is 5.25. The first-order chi connectivity index (χ1) is 8.24. The summed E-state index contributed by atoms with van der Waals surface area (Å²) < 4.78 is 5.17. The summed E-state index contributed by atoms with van der Waals surface area (Å²) in [6, 6.07) is 3.68. The van der Waals surface area contributed by atoms with E-state index in [9.17, 15) is 0 Å². The van der Waals surface area contributed by atoms with Crippen molar-refractivity contribution in [3.05, 3.63) is 12.1 Å². The average Bonchev–Trinajstić information content (AvgIpc) is 3.13. The molecule has 4 nitrogen and oxygen atoms in total. The van der Waals surface area contributed by atoms with Gasteiger partial charge in [0.2, 0.25) is 5.88 Å². The van der Waals surface area contributed by atoms with E-state index in [1.165, 1.54) is 12.8 Å². The van der Waals surface area contributed by atoms with Gasteiger partial charge in [-0.25, -0.2) is 0 Å². The van der Waals surface area contributed by atoms with Gasteiger partial charge in [-0.15, -0.1) is 0 Å². The van der Waals surface area contributed by atoms with Gasteiger partial charge in [-0.05, 0) is 31.2 Å². The fourth-order valence-corrected chi connectivity index (χ4v) is 1.97. The Morgan fingerprint density at radius 3 is 2.82 bits per heavy atom. The maximum Gasteiger partial charge on any atom is 0.215 e. The number of aromatic nitrogens is 1. The SMILES string of the molecule is CCCN(CC1CC1)c1nc(OC)ccc1N. The number of nitrogens with zero attached hydrogens (tertiary/aromatic N) is 2. The summed E-state index contributed by atoms with van der Waals surface area (Å²) in [5.74, 6) is 2.33. The molecule has 2 rings (SSSR count). The first-order valence-electron chi connectivity index (χ1n) is 6.30. The van der Waals surface area contributed by atoms with Crippen molar-refractivity contribution in [2.24, 2.45) is 5.92 Å². The molecule has 2 N–H and O–H groups in total. The van der Waals surface area contributed by atoms with Crippen molar-refractivity contribution < 1.29 is 4.74 Å². The Balaban J connectivity index is 2.19. The molecule has 0 aliphatic heterocycles. The van der Waals surface area contributed by atoms with Crippen LogP contribution in [0.5, 0.6) is 5.88 Å². The molecular formula is C13H21N3O. The van der Waals surface area contributed by atoms with Gasteiger partial charge in [-0.2, -0.15) is 4.98 Å². The van der Waals surface area contributed by atoms with E-state index in [4.69, 9.17) is 10.5 Å². The largest absolute Gasteiger partial charge is 0.481 e. The fraction of sp³-hybridized carbons (Fsp3) is 0.615. The van der Waals surface area contributed by atoms with Crippen molar-refractivity contribution in [3.63, 3.8) is 0 Å². The van der Waals surface area contributed by atoms with Crippen molar-refractivity contribution in [3.8, 4) is 5.88 Å². The van der Waals surface area contributed by atoms with Crippen LogP contribution in [0.25, 0.3) is 0 Å². The van der Waals surface area contributed by atoms with E-state index < -0.39 is 0 Å². The smallest absolute Gasteiger partial charge is 0.215 e. The number of nitrogens with two attached hydrogens (primary N) is 1. The molecule has 0 bridgehead atoms. The number of hydrogen-bond donors (Lipinski definition) is 1. The zero-order valence-corrected chi connectivity index (χ0v) is 10.6. The van der Waals surface area contributed by atoms with E-state index in [-0.39, 0.29) is 0 Å². The topological polar surface area (TPSA) is 51.4 Å². The molecule has 1 aromatic rings. The summed E-state index contributed by atoms with van der Waals surface area (Å²) >= 11 is 0. The molecule has 0 spiro atoms. The molecule has 94 valence electrons. The molecule has 0 aromatic carbocycles. The Bertz CT molecular complexity index is 377. The van der Waals surface area contributed by atoms with Crippen LogP contribution in [0.2, 0.25) is 0 Å². The molecule has 1 fully saturated rings. The van der Waals surface area contributed by atoms with Gasteiger partial charge in [0.1, 0.15) is 0 Å². The lowest BCUT2D eigenvalue weighted by Crippen LogP contribution is -2.28. The normalized spacial score (nSPS) is 14.7. The van der Waals surface area contributed by atoms with E-state index >= 15 is 0 Å². The minimum Gasteiger partial charge on any atom is -0.481 e. The maximum absolute atomic E-state index is 6.01. The highest BCUT2D eigenvalue weighted by molar-refractivity contribution is 5.63. The third-order valence-corrected chi connectivity index (χ3v) is 3.06. The lowest BCUT2D eigenvalue weighted by atomic mass is 10.3. The number of nitrogen functional groups attached to an aromatic ring is 1. The number of hydrogen-bond acceptors (Lipinski definition) is 4. The van der Waals surface area contributed by atoms with Gasteiger partial charge in [0.25, 0.3) is 0 Å². The van der Waals surface area contributed by atoms with E-state index in [2.05, 4.69) is 16.8 Å². The highest BCUT2D eigenvalue weighted by atomic mass is 16.5. The molecule has 4 heteroatoms. The Morgan fingerprint density at radius 2 is 2.24 bits per heavy atom. The molecule has 1 aromatic heterocycles. The van der Waals surface area contributed by atoms with Crippen LogP contribution in [-0.2, 0) is 0 Å². The van der Waals surface area contributed by atoms with Crippen LogP contribution >= 0.6 is 0 Å². The monoisotopic (exact) mass is 235 g/mol. The molecule has 0 radical (unpaired) electrons. The number of anilines is 2. The van der Waals surface area contributed by atoms with Gasteiger partial charge in [0.15, 0.2) is 5.82 Å². The first kappa shape index (κ1) is 12.0. The molecule has 0 saturated heterocycles. The molecule has 0 unspecified atom stereocenters. The summed E-state index contributed by atoms with van der Waals surface area (Å²) in [5, 5.41) is 0. The second-order valence-electron chi connectivity index (χ2n) is 4.66. The van der Waals surface area contributed by atoms with E-state index in [0.717, 1.165) is 36.9 Å². The molecule has 1 saturated carbocycles. The Labute approximate surface area is 103 Å². The van der Waals surface area contributed by atoms with Crippen LogP contribution in [0.1, 0.15) is 26.2 Å². The molecule has 1 aliphatic carbocycles. The van der Waals surface area contributed by atoms with Gasteiger partial charge in [-0.1, -0.05) is 6.92 Å². The molecule has 17 heavy (non-hydrogen) atoms. The predicted molar refractivity (Wildman–Crippen MR) is 70.4 cm³/mol. The molecular weight excluding hydrogens is 214 g/mol. The van der Waals surface area contributed by atoms with Gasteiger partial charge in [-0.3, -0.25) is 0 Å². The number of rotatable bonds is 6. The highest BCUT2D eigenvalue weighted by Gasteiger charge is 2.25. The lowest BCUT2D eigenvalue weighted by Gasteiger charge is -2.24. The van der Waals surface area contributed by atoms with Crippen molar-refractivity contribution in [2.45, 2.75) is 26.2 Å². The van der Waals surface area contributed by atoms with Crippen LogP contribution in [0.3, 0.4) is 0 Å². The van der Waals surface area contributed by atoms with Crippen LogP contribution < -0.4 is 15.4 Å². The number of ether oxygens (including phenoxy) is 1. The van der Waals surface area contributed by atoms with Crippen molar-refractivity contribution in [1.82, 2.24) is 4.98 Å². The van der Waals surface area contributed by atoms with Gasteiger partial charge in [0.05, 0.1) is 12.8 Å². The standard InChI is InChI=1S/C13H21N3O/c1-3-8-16(9-10-4-5-10)13-11(14)6-7-12(15-13)17-2/h6-7,10H,3-5,8-9,14H2,1-2H3. The fourth-order valence-electron chi connectivity index (χ4n) is 1.97. The first-order valence-corrected chi connectivity index (χ1v) is 6.30. The van der Waals surface area contributed by atoms with Gasteiger partial charge >= 0.3 is 0 Å². The minimum atomic E-state index is 0.631. The quantitative estimate of drug-likeness (QED) is 0.822. The van der Waals surface area contributed by atoms with Gasteiger partial charge in [0, 0.05) is 19.2 Å².